The maximum absolute atomic E-state index is 13.1. The van der Waals surface area contributed by atoms with Crippen LogP contribution in [-0.4, -0.2) is 32.2 Å². The van der Waals surface area contributed by atoms with Gasteiger partial charge in [-0.2, -0.15) is 0 Å². The molecule has 0 radical (unpaired) electrons. The number of fused-ring (bicyclic) bond motifs is 1. The van der Waals surface area contributed by atoms with Gasteiger partial charge in [-0.1, -0.05) is 72.5 Å². The smallest absolute Gasteiger partial charge is 0.228 e. The number of hydrogen-bond acceptors (Lipinski definition) is 5. The topological polar surface area (TPSA) is 76.9 Å². The summed E-state index contributed by atoms with van der Waals surface area (Å²) in [5, 5.41) is 12.9. The number of nitrogens with zero attached hydrogens (tertiary/aromatic N) is 3. The first kappa shape index (κ1) is 22.2. The van der Waals surface area contributed by atoms with E-state index in [1.165, 1.54) is 36.6 Å². The van der Waals surface area contributed by atoms with Gasteiger partial charge >= 0.3 is 0 Å². The van der Waals surface area contributed by atoms with E-state index in [2.05, 4.69) is 51.3 Å². The molecule has 1 N–H and O–H groups in total. The highest BCUT2D eigenvalue weighted by Gasteiger charge is 2.26. The van der Waals surface area contributed by atoms with Gasteiger partial charge in [-0.3, -0.25) is 14.2 Å². The Morgan fingerprint density at radius 2 is 1.91 bits per heavy atom. The number of ketones is 1. The molecule has 1 saturated carbocycles. The first-order chi connectivity index (χ1) is 16.0. The van der Waals surface area contributed by atoms with Crippen molar-refractivity contribution in [2.45, 2.75) is 56.6 Å². The molecule has 1 aliphatic heterocycles. The summed E-state index contributed by atoms with van der Waals surface area (Å²) < 4.78 is 2.23. The second-order valence-electron chi connectivity index (χ2n) is 8.76. The number of aryl methyl sites for hydroxylation is 1. The molecule has 1 aromatic heterocycles. The minimum Gasteiger partial charge on any atom is -0.325 e. The van der Waals surface area contributed by atoms with Crippen LogP contribution < -0.4 is 5.32 Å². The second-order valence-corrected chi connectivity index (χ2v) is 10.1. The van der Waals surface area contributed by atoms with Gasteiger partial charge in [0.15, 0.2) is 16.8 Å². The number of rotatable bonds is 6. The summed E-state index contributed by atoms with van der Waals surface area (Å²) in [7, 11) is 0. The fourth-order valence-electron chi connectivity index (χ4n) is 4.61. The van der Waals surface area contributed by atoms with Crippen molar-refractivity contribution >= 4 is 40.7 Å². The monoisotopic (exact) mass is 480 g/mol. The van der Waals surface area contributed by atoms with Gasteiger partial charge in [0.25, 0.3) is 0 Å². The second kappa shape index (κ2) is 9.31. The number of anilines is 1. The van der Waals surface area contributed by atoms with Crippen LogP contribution in [0.4, 0.5) is 5.69 Å². The number of Topliss-reactive ketones (excluding diaryl/α,β-unsaturated/α-hetero) is 1. The van der Waals surface area contributed by atoms with Gasteiger partial charge in [-0.25, -0.2) is 0 Å². The predicted octanol–water partition coefficient (Wildman–Crippen LogP) is 5.88. The lowest BCUT2D eigenvalue weighted by atomic mass is 9.95. The van der Waals surface area contributed by atoms with E-state index in [1.807, 2.05) is 0 Å². The number of aromatic nitrogens is 3. The normalized spacial score (nSPS) is 16.0. The van der Waals surface area contributed by atoms with Crippen LogP contribution in [0.5, 0.6) is 0 Å². The molecule has 6 nitrogen and oxygen atoms in total. The number of hydrogen-bond donors (Lipinski definition) is 1. The maximum atomic E-state index is 13.1. The summed E-state index contributed by atoms with van der Waals surface area (Å²) in [6, 6.07) is 12.1. The predicted molar refractivity (Wildman–Crippen MR) is 131 cm³/mol. The Hall–Kier alpha value is -2.64. The van der Waals surface area contributed by atoms with Gasteiger partial charge in [-0.05, 0) is 37.5 Å². The van der Waals surface area contributed by atoms with Gasteiger partial charge in [0, 0.05) is 22.9 Å². The Morgan fingerprint density at radius 3 is 2.67 bits per heavy atom. The van der Waals surface area contributed by atoms with E-state index in [4.69, 9.17) is 11.6 Å². The summed E-state index contributed by atoms with van der Waals surface area (Å²) in [5.41, 5.74) is 4.18. The van der Waals surface area contributed by atoms with Crippen molar-refractivity contribution in [2.75, 3.05) is 11.1 Å². The molecule has 5 rings (SSSR count). The Kier molecular flexibility index (Phi) is 6.25. The van der Waals surface area contributed by atoms with Crippen molar-refractivity contribution in [2.24, 2.45) is 0 Å². The lowest BCUT2D eigenvalue weighted by molar-refractivity contribution is -0.115. The van der Waals surface area contributed by atoms with Crippen molar-refractivity contribution in [3.8, 4) is 11.4 Å². The summed E-state index contributed by atoms with van der Waals surface area (Å²) in [6.45, 7) is 2.07. The number of nitrogens with one attached hydrogen (secondary N) is 1. The highest BCUT2D eigenvalue weighted by molar-refractivity contribution is 7.99. The first-order valence-corrected chi connectivity index (χ1v) is 12.7. The molecule has 0 unspecified atom stereocenters. The fourth-order valence-corrected chi connectivity index (χ4v) is 5.77. The Bertz CT molecular complexity index is 1220. The van der Waals surface area contributed by atoms with Crippen molar-refractivity contribution in [1.29, 1.82) is 0 Å². The lowest BCUT2D eigenvalue weighted by Gasteiger charge is -2.25. The van der Waals surface area contributed by atoms with E-state index < -0.39 is 0 Å². The van der Waals surface area contributed by atoms with Crippen molar-refractivity contribution in [1.82, 2.24) is 14.8 Å². The zero-order chi connectivity index (χ0) is 22.9. The van der Waals surface area contributed by atoms with Crippen LogP contribution in [0.2, 0.25) is 5.02 Å². The molecule has 170 valence electrons. The average Bonchev–Trinajstić information content (AvgIpc) is 3.40. The third-order valence-corrected chi connectivity index (χ3v) is 7.62. The molecular weight excluding hydrogens is 456 g/mol. The maximum Gasteiger partial charge on any atom is 0.228 e. The van der Waals surface area contributed by atoms with Crippen molar-refractivity contribution < 1.29 is 9.59 Å². The molecule has 3 aromatic rings. The van der Waals surface area contributed by atoms with Crippen LogP contribution >= 0.6 is 23.4 Å². The van der Waals surface area contributed by atoms with Crippen LogP contribution in [0.25, 0.3) is 11.4 Å². The van der Waals surface area contributed by atoms with E-state index in [1.54, 1.807) is 12.1 Å². The van der Waals surface area contributed by atoms with Gasteiger partial charge < -0.3 is 5.32 Å². The molecule has 2 aliphatic rings. The van der Waals surface area contributed by atoms with E-state index in [0.717, 1.165) is 34.9 Å². The Morgan fingerprint density at radius 1 is 1.15 bits per heavy atom. The molecule has 1 aliphatic carbocycles. The highest BCUT2D eigenvalue weighted by atomic mass is 35.5. The van der Waals surface area contributed by atoms with E-state index in [-0.39, 0.29) is 23.9 Å². The molecule has 8 heteroatoms. The number of halogens is 1. The molecular formula is C25H25ClN4O2S. The number of benzene rings is 2. The first-order valence-electron chi connectivity index (χ1n) is 11.3. The summed E-state index contributed by atoms with van der Waals surface area (Å²) in [4.78, 5) is 24.7. The third-order valence-electron chi connectivity index (χ3n) is 6.36. The summed E-state index contributed by atoms with van der Waals surface area (Å²) in [5.74, 6) is 0.905. The molecule has 0 saturated heterocycles. The van der Waals surface area contributed by atoms with Gasteiger partial charge in [0.2, 0.25) is 5.91 Å². The number of carbonyl (C=O) groups excluding carboxylic acids is 2. The summed E-state index contributed by atoms with van der Waals surface area (Å²) in [6.07, 6.45) is 6.10. The van der Waals surface area contributed by atoms with Gasteiger partial charge in [0.1, 0.15) is 0 Å². The number of amides is 1. The molecule has 0 spiro atoms. The molecule has 0 bridgehead atoms. The largest absolute Gasteiger partial charge is 0.325 e. The SMILES string of the molecule is Cc1ccc(-c2nnc(SCC(=O)c3cc4c(cc3Cl)NC(=O)C4)n2C2CCCCC2)cc1. The molecule has 0 atom stereocenters. The van der Waals surface area contributed by atoms with E-state index in [0.29, 0.717) is 22.3 Å². The van der Waals surface area contributed by atoms with E-state index >= 15 is 0 Å². The zero-order valence-electron chi connectivity index (χ0n) is 18.4. The van der Waals surface area contributed by atoms with Crippen LogP contribution in [-0.2, 0) is 11.2 Å². The molecule has 1 amide bonds. The zero-order valence-corrected chi connectivity index (χ0v) is 20.0. The number of thioether (sulfide) groups is 1. The van der Waals surface area contributed by atoms with Crippen LogP contribution in [0.1, 0.15) is 59.6 Å². The Labute approximate surface area is 202 Å². The molecule has 2 aromatic carbocycles. The standard InChI is InChI=1S/C25H25ClN4O2S/c1-15-7-9-16(10-8-15)24-28-29-25(30(24)18-5-3-2-4-6-18)33-14-22(31)19-11-17-12-23(32)27-21(17)13-20(19)26/h7-11,13,18H,2-6,12,14H2,1H3,(H,27,32). The minimum absolute atomic E-state index is 0.0794. The van der Waals surface area contributed by atoms with Crippen LogP contribution in [0, 0.1) is 6.92 Å². The van der Waals surface area contributed by atoms with Crippen molar-refractivity contribution in [3.05, 3.63) is 58.1 Å². The molecule has 2 heterocycles. The van der Waals surface area contributed by atoms with Crippen LogP contribution in [0.15, 0.2) is 41.6 Å². The molecule has 33 heavy (non-hydrogen) atoms. The lowest BCUT2D eigenvalue weighted by Crippen LogP contribution is -2.15. The van der Waals surface area contributed by atoms with Gasteiger partial charge in [-0.15, -0.1) is 10.2 Å². The number of carbonyl (C=O) groups is 2. The minimum atomic E-state index is -0.0813. The van der Waals surface area contributed by atoms with Gasteiger partial charge in [0.05, 0.1) is 17.2 Å². The average molecular weight is 481 g/mol. The highest BCUT2D eigenvalue weighted by Crippen LogP contribution is 2.36. The quantitative estimate of drug-likeness (QED) is 0.352. The third kappa shape index (κ3) is 4.57. The van der Waals surface area contributed by atoms with Crippen LogP contribution in [0.3, 0.4) is 0 Å². The van der Waals surface area contributed by atoms with Crippen molar-refractivity contribution in [3.63, 3.8) is 0 Å². The Balaban J connectivity index is 1.40. The molecule has 1 fully saturated rings. The van der Waals surface area contributed by atoms with E-state index in [9.17, 15) is 9.59 Å². The fraction of sp³-hybridized carbons (Fsp3) is 0.360. The summed E-state index contributed by atoms with van der Waals surface area (Å²) >= 11 is 7.77.